The number of hydrogen-bond acceptors (Lipinski definition) is 6. The third-order valence-electron chi connectivity index (χ3n) is 4.44. The number of benzene rings is 1. The lowest BCUT2D eigenvalue weighted by molar-refractivity contribution is -0.142. The van der Waals surface area contributed by atoms with Gasteiger partial charge in [0.05, 0.1) is 12.8 Å². The van der Waals surface area contributed by atoms with Crippen LogP contribution in [0, 0.1) is 0 Å². The van der Waals surface area contributed by atoms with Gasteiger partial charge in [-0.05, 0) is 42.5 Å². The Morgan fingerprint density at radius 2 is 1.91 bits per heavy atom. The van der Waals surface area contributed by atoms with E-state index in [1.807, 2.05) is 0 Å². The Balaban J connectivity index is 1.62. The van der Waals surface area contributed by atoms with Gasteiger partial charge in [-0.25, -0.2) is 9.67 Å². The summed E-state index contributed by atoms with van der Waals surface area (Å²) in [4.78, 5) is 16.3. The van der Waals surface area contributed by atoms with Crippen molar-refractivity contribution in [2.24, 2.45) is 0 Å². The number of halogens is 4. The number of alkyl halides is 3. The molecule has 4 rings (SSSR count). The van der Waals surface area contributed by atoms with Gasteiger partial charge in [0.15, 0.2) is 17.3 Å². The smallest absolute Gasteiger partial charge is 0.433 e. The first-order valence-electron chi connectivity index (χ1n) is 9.33. The Morgan fingerprint density at radius 3 is 2.52 bits per heavy atom. The fourth-order valence-electron chi connectivity index (χ4n) is 2.87. The summed E-state index contributed by atoms with van der Waals surface area (Å²) in [7, 11) is 1.43. The van der Waals surface area contributed by atoms with Crippen molar-refractivity contribution in [2.45, 2.75) is 6.18 Å². The monoisotopic (exact) mass is 518 g/mol. The fraction of sp³-hybridized carbons (Fsp3) is 0.0952. The lowest BCUT2D eigenvalue weighted by atomic mass is 10.2. The molecule has 12 heteroatoms. The van der Waals surface area contributed by atoms with Gasteiger partial charge in [0.2, 0.25) is 5.88 Å². The maximum Gasteiger partial charge on any atom is 0.433 e. The van der Waals surface area contributed by atoms with Crippen LogP contribution in [0.1, 0.15) is 16.1 Å². The number of nitrogens with one attached hydrogen (secondary N) is 1. The zero-order chi connectivity index (χ0) is 23.6. The molecular weight excluding hydrogens is 505 g/mol. The standard InChI is InChI=1S/C21H14BrF3N6O2/c1-33-19-8-5-13(11-26-19)15-10-16(21(23,24)25)31(30-15)18-7-6-17(28-29-18)27-20(32)12-3-2-4-14(22)9-12/h2-11H,1H3,(H,27,28,32). The molecule has 0 saturated heterocycles. The zero-order valence-corrected chi connectivity index (χ0v) is 18.4. The number of rotatable bonds is 5. The van der Waals surface area contributed by atoms with Gasteiger partial charge in [-0.15, -0.1) is 10.2 Å². The van der Waals surface area contributed by atoms with Crippen LogP contribution in [-0.2, 0) is 6.18 Å². The number of carbonyl (C=O) groups excluding carboxylic acids is 1. The van der Waals surface area contributed by atoms with Crippen molar-refractivity contribution in [3.63, 3.8) is 0 Å². The molecule has 0 aliphatic rings. The lowest BCUT2D eigenvalue weighted by Crippen LogP contribution is -2.16. The maximum absolute atomic E-state index is 13.6. The number of methoxy groups -OCH3 is 1. The van der Waals surface area contributed by atoms with Crippen molar-refractivity contribution in [3.8, 4) is 23.0 Å². The molecule has 0 aliphatic carbocycles. The van der Waals surface area contributed by atoms with Crippen LogP contribution in [0.5, 0.6) is 5.88 Å². The number of hydrogen-bond donors (Lipinski definition) is 1. The SMILES string of the molecule is COc1ccc(-c2cc(C(F)(F)F)n(-c3ccc(NC(=O)c4cccc(Br)c4)nn3)n2)cn1. The molecule has 0 bridgehead atoms. The van der Waals surface area contributed by atoms with Crippen molar-refractivity contribution in [1.29, 1.82) is 0 Å². The number of carbonyl (C=O) groups is 1. The van der Waals surface area contributed by atoms with Crippen molar-refractivity contribution in [3.05, 3.63) is 76.5 Å². The molecule has 3 aromatic heterocycles. The van der Waals surface area contributed by atoms with E-state index in [4.69, 9.17) is 4.74 Å². The molecule has 33 heavy (non-hydrogen) atoms. The second-order valence-electron chi connectivity index (χ2n) is 6.65. The van der Waals surface area contributed by atoms with Gasteiger partial charge >= 0.3 is 6.18 Å². The minimum atomic E-state index is -4.69. The summed E-state index contributed by atoms with van der Waals surface area (Å²) in [5.74, 6) is -0.220. The van der Waals surface area contributed by atoms with Crippen LogP contribution in [0.2, 0.25) is 0 Å². The van der Waals surface area contributed by atoms with E-state index >= 15 is 0 Å². The summed E-state index contributed by atoms with van der Waals surface area (Å²) in [5.41, 5.74) is -0.245. The zero-order valence-electron chi connectivity index (χ0n) is 16.8. The maximum atomic E-state index is 13.6. The van der Waals surface area contributed by atoms with Gasteiger partial charge in [0.25, 0.3) is 5.91 Å². The molecule has 168 valence electrons. The topological polar surface area (TPSA) is 94.8 Å². The third kappa shape index (κ3) is 5.00. The molecule has 0 atom stereocenters. The molecule has 1 aromatic carbocycles. The van der Waals surface area contributed by atoms with E-state index in [1.54, 1.807) is 30.3 Å². The highest BCUT2D eigenvalue weighted by molar-refractivity contribution is 9.10. The Kier molecular flexibility index (Phi) is 6.09. The number of amides is 1. The Labute approximate surface area is 193 Å². The largest absolute Gasteiger partial charge is 0.481 e. The van der Waals surface area contributed by atoms with Gasteiger partial charge in [0.1, 0.15) is 0 Å². The molecule has 0 unspecified atom stereocenters. The number of nitrogens with zero attached hydrogens (tertiary/aromatic N) is 5. The normalized spacial score (nSPS) is 11.3. The van der Waals surface area contributed by atoms with E-state index in [2.05, 4.69) is 41.5 Å². The van der Waals surface area contributed by atoms with Crippen LogP contribution < -0.4 is 10.1 Å². The average molecular weight is 519 g/mol. The number of pyridine rings is 1. The van der Waals surface area contributed by atoms with E-state index in [0.717, 1.165) is 10.5 Å². The van der Waals surface area contributed by atoms with Crippen molar-refractivity contribution >= 4 is 27.7 Å². The minimum absolute atomic E-state index is 0.0475. The highest BCUT2D eigenvalue weighted by Gasteiger charge is 2.37. The molecule has 0 saturated carbocycles. The minimum Gasteiger partial charge on any atom is -0.481 e. The predicted molar refractivity (Wildman–Crippen MR) is 116 cm³/mol. The predicted octanol–water partition coefficient (Wildman–Crippen LogP) is 4.77. The second kappa shape index (κ2) is 8.98. The van der Waals surface area contributed by atoms with Crippen LogP contribution in [-0.4, -0.2) is 38.0 Å². The number of aromatic nitrogens is 5. The highest BCUT2D eigenvalue weighted by atomic mass is 79.9. The van der Waals surface area contributed by atoms with Crippen molar-refractivity contribution in [2.75, 3.05) is 12.4 Å². The molecule has 0 aliphatic heterocycles. The molecule has 4 aromatic rings. The number of ether oxygens (including phenoxy) is 1. The van der Waals surface area contributed by atoms with E-state index in [1.165, 1.54) is 31.5 Å². The van der Waals surface area contributed by atoms with E-state index in [-0.39, 0.29) is 17.3 Å². The first-order chi connectivity index (χ1) is 15.7. The summed E-state index contributed by atoms with van der Waals surface area (Å²) in [6.07, 6.45) is -3.34. The molecule has 8 nitrogen and oxygen atoms in total. The van der Waals surface area contributed by atoms with Crippen LogP contribution in [0.15, 0.2) is 65.3 Å². The Morgan fingerprint density at radius 1 is 1.09 bits per heavy atom. The van der Waals surface area contributed by atoms with Crippen LogP contribution in [0.4, 0.5) is 19.0 Å². The van der Waals surface area contributed by atoms with E-state index < -0.39 is 17.8 Å². The average Bonchev–Trinajstić information content (AvgIpc) is 3.26. The Bertz CT molecular complexity index is 1290. The lowest BCUT2D eigenvalue weighted by Gasteiger charge is -2.09. The first-order valence-corrected chi connectivity index (χ1v) is 10.1. The molecule has 3 heterocycles. The molecule has 1 N–H and O–H groups in total. The molecular formula is C21H14BrF3N6O2. The van der Waals surface area contributed by atoms with Crippen molar-refractivity contribution < 1.29 is 22.7 Å². The van der Waals surface area contributed by atoms with Gasteiger partial charge in [-0.1, -0.05) is 22.0 Å². The van der Waals surface area contributed by atoms with Crippen LogP contribution in [0.3, 0.4) is 0 Å². The molecule has 0 fully saturated rings. The van der Waals surface area contributed by atoms with Crippen molar-refractivity contribution in [1.82, 2.24) is 25.0 Å². The van der Waals surface area contributed by atoms with Crippen LogP contribution in [0.25, 0.3) is 17.1 Å². The van der Waals surface area contributed by atoms with Gasteiger partial charge in [-0.2, -0.15) is 18.3 Å². The summed E-state index contributed by atoms with van der Waals surface area (Å²) < 4.78 is 47.3. The summed E-state index contributed by atoms with van der Waals surface area (Å²) in [5, 5.41) is 14.2. The fourth-order valence-corrected chi connectivity index (χ4v) is 3.27. The first kappa shape index (κ1) is 22.4. The second-order valence-corrected chi connectivity index (χ2v) is 7.57. The van der Waals surface area contributed by atoms with Gasteiger partial charge < -0.3 is 10.1 Å². The van der Waals surface area contributed by atoms with Crippen LogP contribution >= 0.6 is 15.9 Å². The van der Waals surface area contributed by atoms with E-state index in [0.29, 0.717) is 21.7 Å². The molecule has 0 spiro atoms. The van der Waals surface area contributed by atoms with Gasteiger partial charge in [0, 0.05) is 27.9 Å². The summed E-state index contributed by atoms with van der Waals surface area (Å²) in [6, 6.07) is 13.3. The highest BCUT2D eigenvalue weighted by Crippen LogP contribution is 2.33. The van der Waals surface area contributed by atoms with E-state index in [9.17, 15) is 18.0 Å². The third-order valence-corrected chi connectivity index (χ3v) is 4.93. The molecule has 1 amide bonds. The number of anilines is 1. The molecule has 0 radical (unpaired) electrons. The Hall–Kier alpha value is -3.80. The summed E-state index contributed by atoms with van der Waals surface area (Å²) >= 11 is 3.28. The van der Waals surface area contributed by atoms with Gasteiger partial charge in [-0.3, -0.25) is 4.79 Å². The quantitative estimate of drug-likeness (QED) is 0.409. The summed E-state index contributed by atoms with van der Waals surface area (Å²) in [6.45, 7) is 0.